The number of nitrogens with zero attached hydrogens (tertiary/aromatic N) is 1. The highest BCUT2D eigenvalue weighted by Gasteiger charge is 2.10. The fraction of sp³-hybridized carbons (Fsp3) is 0.250. The number of amides is 1. The molecule has 0 aliphatic heterocycles. The van der Waals surface area contributed by atoms with Crippen LogP contribution in [0.1, 0.15) is 35.4 Å². The Kier molecular flexibility index (Phi) is 4.91. The van der Waals surface area contributed by atoms with Gasteiger partial charge in [-0.3, -0.25) is 4.79 Å². The Balaban J connectivity index is 1.81. The Morgan fingerprint density at radius 3 is 2.70 bits per heavy atom. The number of carbonyl (C=O) groups is 1. The lowest BCUT2D eigenvalue weighted by Gasteiger charge is -2.12. The molecule has 1 aromatic carbocycles. The van der Waals surface area contributed by atoms with Gasteiger partial charge in [-0.15, -0.1) is 11.3 Å². The van der Waals surface area contributed by atoms with Crippen molar-refractivity contribution in [3.05, 3.63) is 57.8 Å². The van der Waals surface area contributed by atoms with Crippen molar-refractivity contribution in [3.8, 4) is 6.07 Å². The minimum Gasteiger partial charge on any atom is -0.349 e. The minimum absolute atomic E-state index is 0.0512. The van der Waals surface area contributed by atoms with Crippen LogP contribution in [0.25, 0.3) is 0 Å². The summed E-state index contributed by atoms with van der Waals surface area (Å²) >= 11 is 1.65. The summed E-state index contributed by atoms with van der Waals surface area (Å²) in [5, 5.41) is 13.7. The zero-order chi connectivity index (χ0) is 14.4. The largest absolute Gasteiger partial charge is 0.349 e. The molecule has 0 aliphatic rings. The standard InChI is InChI=1S/C16H16N2OS/c1-12(15-3-2-10-20-15)18-16(19)9-8-13-4-6-14(11-17)7-5-13/h2-7,10,12H,8-9H2,1H3,(H,18,19)/t12-/m0/s1. The lowest BCUT2D eigenvalue weighted by Crippen LogP contribution is -2.26. The summed E-state index contributed by atoms with van der Waals surface area (Å²) in [6.45, 7) is 1.99. The van der Waals surface area contributed by atoms with Gasteiger partial charge in [-0.1, -0.05) is 18.2 Å². The van der Waals surface area contributed by atoms with Gasteiger partial charge in [-0.25, -0.2) is 0 Å². The van der Waals surface area contributed by atoms with E-state index in [4.69, 9.17) is 5.26 Å². The van der Waals surface area contributed by atoms with E-state index in [1.54, 1.807) is 23.5 Å². The molecule has 1 heterocycles. The second kappa shape index (κ2) is 6.88. The average Bonchev–Trinajstić information content (AvgIpc) is 3.00. The second-order valence-corrected chi connectivity index (χ2v) is 5.59. The average molecular weight is 284 g/mol. The summed E-state index contributed by atoms with van der Waals surface area (Å²) in [6, 6.07) is 13.5. The number of carbonyl (C=O) groups excluding carboxylic acids is 1. The number of hydrogen-bond acceptors (Lipinski definition) is 3. The van der Waals surface area contributed by atoms with Crippen LogP contribution in [0.3, 0.4) is 0 Å². The Bertz CT molecular complexity index is 596. The van der Waals surface area contributed by atoms with Crippen LogP contribution in [-0.2, 0) is 11.2 Å². The SMILES string of the molecule is C[C@H](NC(=O)CCc1ccc(C#N)cc1)c1cccs1. The number of hydrogen-bond donors (Lipinski definition) is 1. The first-order chi connectivity index (χ1) is 9.69. The van der Waals surface area contributed by atoms with Crippen LogP contribution in [0.2, 0.25) is 0 Å². The van der Waals surface area contributed by atoms with Gasteiger partial charge in [0.05, 0.1) is 17.7 Å². The maximum absolute atomic E-state index is 11.9. The van der Waals surface area contributed by atoms with Crippen molar-refractivity contribution in [2.75, 3.05) is 0 Å². The third-order valence-corrected chi connectivity index (χ3v) is 4.13. The predicted octanol–water partition coefficient (Wildman–Crippen LogP) is 3.43. The summed E-state index contributed by atoms with van der Waals surface area (Å²) in [4.78, 5) is 13.0. The topological polar surface area (TPSA) is 52.9 Å². The van der Waals surface area contributed by atoms with Gasteiger partial charge in [-0.2, -0.15) is 5.26 Å². The van der Waals surface area contributed by atoms with Gasteiger partial charge >= 0.3 is 0 Å². The smallest absolute Gasteiger partial charge is 0.220 e. The molecule has 0 fully saturated rings. The van der Waals surface area contributed by atoms with Crippen LogP contribution in [0.15, 0.2) is 41.8 Å². The molecule has 1 aromatic heterocycles. The molecule has 0 bridgehead atoms. The van der Waals surface area contributed by atoms with E-state index >= 15 is 0 Å². The molecule has 1 atom stereocenters. The number of nitrogens with one attached hydrogen (secondary N) is 1. The first-order valence-corrected chi connectivity index (χ1v) is 7.39. The molecule has 0 aliphatic carbocycles. The molecule has 0 saturated heterocycles. The van der Waals surface area contributed by atoms with E-state index in [0.717, 1.165) is 10.4 Å². The van der Waals surface area contributed by atoms with E-state index in [0.29, 0.717) is 18.4 Å². The number of thiophene rings is 1. The Labute approximate surface area is 122 Å². The zero-order valence-corrected chi connectivity index (χ0v) is 12.1. The van der Waals surface area contributed by atoms with E-state index in [-0.39, 0.29) is 11.9 Å². The van der Waals surface area contributed by atoms with Gasteiger partial charge in [0.2, 0.25) is 5.91 Å². The minimum atomic E-state index is 0.0512. The lowest BCUT2D eigenvalue weighted by molar-refractivity contribution is -0.121. The predicted molar refractivity (Wildman–Crippen MR) is 80.4 cm³/mol. The summed E-state index contributed by atoms with van der Waals surface area (Å²) in [5.74, 6) is 0.0512. The van der Waals surface area contributed by atoms with Crippen molar-refractivity contribution in [3.63, 3.8) is 0 Å². The third-order valence-electron chi connectivity index (χ3n) is 3.07. The van der Waals surface area contributed by atoms with Crippen LogP contribution in [0, 0.1) is 11.3 Å². The van der Waals surface area contributed by atoms with Gasteiger partial charge < -0.3 is 5.32 Å². The van der Waals surface area contributed by atoms with Crippen molar-refractivity contribution in [1.29, 1.82) is 5.26 Å². The maximum atomic E-state index is 11.9. The summed E-state index contributed by atoms with van der Waals surface area (Å²) in [7, 11) is 0. The number of nitriles is 1. The Morgan fingerprint density at radius 2 is 2.10 bits per heavy atom. The molecule has 3 nitrogen and oxygen atoms in total. The van der Waals surface area contributed by atoms with Gasteiger partial charge in [0.1, 0.15) is 0 Å². The molecule has 0 unspecified atom stereocenters. The molecule has 0 spiro atoms. The number of benzene rings is 1. The van der Waals surface area contributed by atoms with E-state index < -0.39 is 0 Å². The van der Waals surface area contributed by atoms with Crippen molar-refractivity contribution in [2.45, 2.75) is 25.8 Å². The third kappa shape index (κ3) is 3.94. The Hall–Kier alpha value is -2.12. The van der Waals surface area contributed by atoms with Gasteiger partial charge in [-0.05, 0) is 42.5 Å². The van der Waals surface area contributed by atoms with E-state index in [1.165, 1.54) is 0 Å². The fourth-order valence-electron chi connectivity index (χ4n) is 1.93. The second-order valence-electron chi connectivity index (χ2n) is 4.61. The first-order valence-electron chi connectivity index (χ1n) is 6.51. The van der Waals surface area contributed by atoms with Crippen LogP contribution < -0.4 is 5.32 Å². The highest BCUT2D eigenvalue weighted by atomic mass is 32.1. The van der Waals surface area contributed by atoms with Crippen molar-refractivity contribution < 1.29 is 4.79 Å². The molecule has 20 heavy (non-hydrogen) atoms. The molecule has 4 heteroatoms. The molecular weight excluding hydrogens is 268 g/mol. The lowest BCUT2D eigenvalue weighted by atomic mass is 10.1. The van der Waals surface area contributed by atoms with Crippen LogP contribution in [-0.4, -0.2) is 5.91 Å². The van der Waals surface area contributed by atoms with Crippen molar-refractivity contribution in [2.24, 2.45) is 0 Å². The van der Waals surface area contributed by atoms with E-state index in [9.17, 15) is 4.79 Å². The molecule has 102 valence electrons. The molecule has 0 radical (unpaired) electrons. The normalized spacial score (nSPS) is 11.6. The quantitative estimate of drug-likeness (QED) is 0.914. The molecule has 1 N–H and O–H groups in total. The summed E-state index contributed by atoms with van der Waals surface area (Å²) in [5.41, 5.74) is 1.72. The fourth-order valence-corrected chi connectivity index (χ4v) is 2.66. The van der Waals surface area contributed by atoms with Crippen molar-refractivity contribution in [1.82, 2.24) is 5.32 Å². The van der Waals surface area contributed by atoms with Crippen molar-refractivity contribution >= 4 is 17.2 Å². The molecular formula is C16H16N2OS. The zero-order valence-electron chi connectivity index (χ0n) is 11.3. The summed E-state index contributed by atoms with van der Waals surface area (Å²) in [6.07, 6.45) is 1.15. The molecule has 2 rings (SSSR count). The highest BCUT2D eigenvalue weighted by molar-refractivity contribution is 7.10. The summed E-state index contributed by atoms with van der Waals surface area (Å²) < 4.78 is 0. The molecule has 0 saturated carbocycles. The molecule has 2 aromatic rings. The van der Waals surface area contributed by atoms with Gasteiger partial charge in [0.25, 0.3) is 0 Å². The van der Waals surface area contributed by atoms with Crippen LogP contribution >= 0.6 is 11.3 Å². The monoisotopic (exact) mass is 284 g/mol. The van der Waals surface area contributed by atoms with Gasteiger partial charge in [0.15, 0.2) is 0 Å². The Morgan fingerprint density at radius 1 is 1.35 bits per heavy atom. The number of rotatable bonds is 5. The van der Waals surface area contributed by atoms with Crippen LogP contribution in [0.5, 0.6) is 0 Å². The first kappa shape index (κ1) is 14.3. The van der Waals surface area contributed by atoms with Crippen LogP contribution in [0.4, 0.5) is 0 Å². The van der Waals surface area contributed by atoms with E-state index in [1.807, 2.05) is 36.6 Å². The molecule has 1 amide bonds. The maximum Gasteiger partial charge on any atom is 0.220 e. The van der Waals surface area contributed by atoms with Gasteiger partial charge in [0, 0.05) is 11.3 Å². The highest BCUT2D eigenvalue weighted by Crippen LogP contribution is 2.18. The van der Waals surface area contributed by atoms with E-state index in [2.05, 4.69) is 11.4 Å². The number of aryl methyl sites for hydroxylation is 1.